The van der Waals surface area contributed by atoms with Gasteiger partial charge in [0.2, 0.25) is 17.7 Å². The third-order valence-corrected chi connectivity index (χ3v) is 10.4. The van der Waals surface area contributed by atoms with Crippen molar-refractivity contribution in [3.05, 3.63) is 61.2 Å². The largest absolute Gasteiger partial charge is 0.455 e. The Kier molecular flexibility index (Phi) is 12.4. The van der Waals surface area contributed by atoms with Crippen LogP contribution in [0.25, 0.3) is 0 Å². The quantitative estimate of drug-likeness (QED) is 0.166. The van der Waals surface area contributed by atoms with Crippen molar-refractivity contribution in [1.29, 1.82) is 0 Å². The lowest BCUT2D eigenvalue weighted by atomic mass is 9.70. The highest BCUT2D eigenvalue weighted by Crippen LogP contribution is 2.59. The van der Waals surface area contributed by atoms with E-state index in [9.17, 15) is 19.5 Å². The van der Waals surface area contributed by atoms with Crippen molar-refractivity contribution in [3.8, 4) is 0 Å². The van der Waals surface area contributed by atoms with E-state index in [2.05, 4.69) is 39.2 Å². The van der Waals surface area contributed by atoms with E-state index < -0.39 is 53.2 Å². The molecule has 2 N–H and O–H groups in total. The second kappa shape index (κ2) is 15.8. The fraction of sp³-hybridized carbons (Fsp3) is 0.650. The van der Waals surface area contributed by atoms with Gasteiger partial charge in [-0.2, -0.15) is 0 Å². The van der Waals surface area contributed by atoms with E-state index in [0.29, 0.717) is 37.7 Å². The molecule has 1 aromatic carbocycles. The fourth-order valence-corrected chi connectivity index (χ4v) is 8.80. The number of ether oxygens (including phenoxy) is 2. The van der Waals surface area contributed by atoms with Crippen LogP contribution >= 0.6 is 0 Å². The second-order valence-electron chi connectivity index (χ2n) is 16.5. The first-order chi connectivity index (χ1) is 23.5. The number of carbonyl (C=O) groups excluding carboxylic acids is 4. The Morgan fingerprint density at radius 2 is 1.82 bits per heavy atom. The summed E-state index contributed by atoms with van der Waals surface area (Å²) in [7, 11) is 0. The summed E-state index contributed by atoms with van der Waals surface area (Å²) in [6, 6.07) is 7.50. The van der Waals surface area contributed by atoms with Crippen LogP contribution in [0.4, 0.5) is 0 Å². The van der Waals surface area contributed by atoms with Crippen LogP contribution in [0.3, 0.4) is 0 Å². The summed E-state index contributed by atoms with van der Waals surface area (Å²) in [5, 5.41) is 13.6. The van der Waals surface area contributed by atoms with Crippen LogP contribution in [0.2, 0.25) is 0 Å². The molecule has 276 valence electrons. The highest BCUT2D eigenvalue weighted by molar-refractivity contribution is 5.98. The number of benzene rings is 1. The lowest BCUT2D eigenvalue weighted by Crippen LogP contribution is -2.62. The maximum Gasteiger partial charge on any atom is 0.313 e. The maximum absolute atomic E-state index is 15.1. The van der Waals surface area contributed by atoms with Crippen LogP contribution in [0.5, 0.6) is 0 Å². The molecule has 2 bridgehead atoms. The van der Waals surface area contributed by atoms with E-state index in [1.54, 1.807) is 22.0 Å². The third kappa shape index (κ3) is 8.17. The minimum Gasteiger partial charge on any atom is -0.455 e. The Bertz CT molecular complexity index is 1400. The SMILES string of the molecule is C=CCCC(=O)NC[C@@H](OC(=O)[C@@H]1[C@H]2C(=O)N([C@@H](CO)CC(C)C)[C@H](C(=O)N(CC=C)C(C)(C)CC(C)(C)C)[C@]23CC[C@H]1O3)c1ccccc1. The highest BCUT2D eigenvalue weighted by Gasteiger charge is 2.76. The van der Waals surface area contributed by atoms with Gasteiger partial charge in [0.05, 0.1) is 37.1 Å². The number of nitrogens with one attached hydrogen (secondary N) is 1. The molecule has 10 heteroatoms. The van der Waals surface area contributed by atoms with Crippen LogP contribution in [0, 0.1) is 23.2 Å². The zero-order chi connectivity index (χ0) is 37.0. The molecule has 3 aliphatic rings. The maximum atomic E-state index is 15.1. The summed E-state index contributed by atoms with van der Waals surface area (Å²) < 4.78 is 12.9. The zero-order valence-electron chi connectivity index (χ0n) is 31.2. The molecule has 0 aliphatic carbocycles. The van der Waals surface area contributed by atoms with E-state index in [0.717, 1.165) is 0 Å². The molecule has 3 aliphatic heterocycles. The number of rotatable bonds is 17. The molecule has 1 spiro atoms. The van der Waals surface area contributed by atoms with E-state index in [-0.39, 0.29) is 55.2 Å². The second-order valence-corrected chi connectivity index (χ2v) is 16.5. The number of likely N-dealkylation sites (tertiary alicyclic amines) is 1. The number of carbonyl (C=O) groups is 4. The molecular weight excluding hydrogens is 634 g/mol. The number of aliphatic hydroxyl groups excluding tert-OH is 1. The summed E-state index contributed by atoms with van der Waals surface area (Å²) in [5.41, 5.74) is -1.26. The van der Waals surface area contributed by atoms with Crippen LogP contribution in [-0.2, 0) is 28.7 Å². The number of fused-ring (bicyclic) bond motifs is 1. The molecule has 7 atom stereocenters. The summed E-state index contributed by atoms with van der Waals surface area (Å²) >= 11 is 0. The monoisotopic (exact) mass is 693 g/mol. The Morgan fingerprint density at radius 1 is 1.14 bits per heavy atom. The number of amides is 3. The minimum absolute atomic E-state index is 0.0569. The standard InChI is InChI=1S/C40H59N3O7/c1-10-12-18-31(45)41-23-30(27-16-14-13-15-17-27)49-37(48)32-29-19-20-40(50-29)33(32)35(46)43(28(24-44)22-26(3)4)34(40)36(47)42(21-11-2)39(8,9)25-38(5,6)7/h10-11,13-17,26,28-30,32-34,44H,1-2,12,18-25H2,3-9H3,(H,41,45)/t28-,29-,30-,32+,33+,34-,40+/m1/s1. The number of allylic oxidation sites excluding steroid dienone is 1. The molecule has 10 nitrogen and oxygen atoms in total. The van der Waals surface area contributed by atoms with Crippen molar-refractivity contribution in [1.82, 2.24) is 15.1 Å². The van der Waals surface area contributed by atoms with E-state index in [1.165, 1.54) is 0 Å². The lowest BCUT2D eigenvalue weighted by Gasteiger charge is -2.46. The van der Waals surface area contributed by atoms with Gasteiger partial charge in [0, 0.05) is 18.5 Å². The molecule has 3 amide bonds. The molecule has 50 heavy (non-hydrogen) atoms. The van der Waals surface area contributed by atoms with Crippen LogP contribution in [0.15, 0.2) is 55.6 Å². The minimum atomic E-state index is -1.26. The van der Waals surface area contributed by atoms with E-state index in [4.69, 9.17) is 9.47 Å². The smallest absolute Gasteiger partial charge is 0.313 e. The summed E-state index contributed by atoms with van der Waals surface area (Å²) in [6.45, 7) is 22.1. The van der Waals surface area contributed by atoms with Gasteiger partial charge in [-0.3, -0.25) is 19.2 Å². The van der Waals surface area contributed by atoms with Crippen molar-refractivity contribution in [3.63, 3.8) is 0 Å². The highest BCUT2D eigenvalue weighted by atomic mass is 16.6. The van der Waals surface area contributed by atoms with Gasteiger partial charge in [0.25, 0.3) is 0 Å². The van der Waals surface area contributed by atoms with Crippen molar-refractivity contribution in [2.75, 3.05) is 19.7 Å². The zero-order valence-corrected chi connectivity index (χ0v) is 31.2. The normalized spacial score (nSPS) is 25.6. The Balaban J connectivity index is 1.73. The molecule has 0 unspecified atom stereocenters. The molecule has 4 rings (SSSR count). The Labute approximate surface area is 298 Å². The predicted octanol–water partition coefficient (Wildman–Crippen LogP) is 5.36. The molecule has 3 saturated heterocycles. The first-order valence-corrected chi connectivity index (χ1v) is 18.2. The van der Waals surface area contributed by atoms with Crippen molar-refractivity contribution in [2.45, 2.75) is 122 Å². The molecule has 0 aromatic heterocycles. The Morgan fingerprint density at radius 3 is 2.40 bits per heavy atom. The van der Waals surface area contributed by atoms with E-state index >= 15 is 4.79 Å². The van der Waals surface area contributed by atoms with Gasteiger partial charge in [-0.15, -0.1) is 13.2 Å². The molecular formula is C40H59N3O7. The van der Waals surface area contributed by atoms with Gasteiger partial charge in [0.1, 0.15) is 17.7 Å². The average Bonchev–Trinajstić information content (AvgIpc) is 3.69. The van der Waals surface area contributed by atoms with Gasteiger partial charge in [-0.1, -0.05) is 77.1 Å². The number of hydrogen-bond acceptors (Lipinski definition) is 7. The predicted molar refractivity (Wildman–Crippen MR) is 193 cm³/mol. The van der Waals surface area contributed by atoms with Gasteiger partial charge in [0.15, 0.2) is 0 Å². The number of aliphatic hydroxyl groups is 1. The number of nitrogens with zero attached hydrogens (tertiary/aromatic N) is 2. The van der Waals surface area contributed by atoms with Crippen LogP contribution in [0.1, 0.15) is 98.7 Å². The molecule has 0 radical (unpaired) electrons. The van der Waals surface area contributed by atoms with Crippen molar-refractivity contribution in [2.24, 2.45) is 23.2 Å². The first-order valence-electron chi connectivity index (χ1n) is 18.2. The van der Waals surface area contributed by atoms with Gasteiger partial charge < -0.3 is 29.7 Å². The summed E-state index contributed by atoms with van der Waals surface area (Å²) in [5.74, 6) is -3.21. The van der Waals surface area contributed by atoms with Gasteiger partial charge in [-0.05, 0) is 62.8 Å². The molecule has 0 saturated carbocycles. The van der Waals surface area contributed by atoms with Gasteiger partial charge in [-0.25, -0.2) is 0 Å². The fourth-order valence-electron chi connectivity index (χ4n) is 8.80. The Hall–Kier alpha value is -3.50. The summed E-state index contributed by atoms with van der Waals surface area (Å²) in [6.07, 6.45) is 4.81. The van der Waals surface area contributed by atoms with Crippen molar-refractivity contribution < 1.29 is 33.8 Å². The summed E-state index contributed by atoms with van der Waals surface area (Å²) in [4.78, 5) is 60.0. The van der Waals surface area contributed by atoms with Crippen LogP contribution in [-0.4, -0.2) is 87.6 Å². The first kappa shape index (κ1) is 39.3. The molecule has 3 fully saturated rings. The number of esters is 1. The van der Waals surface area contributed by atoms with Gasteiger partial charge >= 0.3 is 5.97 Å². The third-order valence-electron chi connectivity index (χ3n) is 10.4. The van der Waals surface area contributed by atoms with Crippen molar-refractivity contribution >= 4 is 23.7 Å². The molecule has 1 aromatic rings. The van der Waals surface area contributed by atoms with E-state index in [1.807, 2.05) is 58.0 Å². The average molecular weight is 694 g/mol. The number of hydrogen-bond donors (Lipinski definition) is 2. The van der Waals surface area contributed by atoms with Crippen LogP contribution < -0.4 is 5.32 Å². The topological polar surface area (TPSA) is 125 Å². The molecule has 3 heterocycles. The lowest BCUT2D eigenvalue weighted by molar-refractivity contribution is -0.161.